The fourth-order valence-electron chi connectivity index (χ4n) is 7.70. The first kappa shape index (κ1) is 121. The molecule has 4 aromatic carbocycles. The van der Waals surface area contributed by atoms with Crippen LogP contribution in [0.2, 0.25) is 0 Å². The van der Waals surface area contributed by atoms with Gasteiger partial charge in [0.1, 0.15) is 0 Å². The number of aliphatic hydroxyl groups excluding tert-OH is 2. The number of hydrogen-bond donors (Lipinski definition) is 6. The number of nitrogens with two attached hydrogens (primary N) is 3. The van der Waals surface area contributed by atoms with Gasteiger partial charge in [-0.1, -0.05) is 171 Å². The van der Waals surface area contributed by atoms with E-state index in [0.717, 1.165) is 65.3 Å². The fourth-order valence-corrected chi connectivity index (χ4v) is 7.93. The van der Waals surface area contributed by atoms with Gasteiger partial charge in [0.2, 0.25) is 23.7 Å². The van der Waals surface area contributed by atoms with Crippen LogP contribution in [0.25, 0.3) is 38.4 Å². The monoisotopic (exact) mass is 1770 g/mol. The molecule has 24 nitrogen and oxygen atoms in total. The minimum atomic E-state index is -0.774. The number of para-hydroxylation sites is 4. The number of nitrogens with one attached hydrogen (secondary N) is 1. The molecule has 1 saturated heterocycles. The number of aromatic nitrogens is 6. The number of nitrogens with zero attached hydrogens (tertiary/aromatic N) is 6. The Hall–Kier alpha value is -8.81. The standard InChI is InChI=1S/C17H15N2O2.C12H12N2O2.C10H10N2O.C10H12NO3.C7H7NO.C5H7BrO3.C5H5N.C4H9NO.C2H6O.4C2H6.2CH4.CH3.2BrH.ClH.Mg/c1-2-21-17(20)16-15(19-10-6-3-7-11-19)12-13-8-4-5-9-14(13)18-16;1-2-16-12(15)11-9(13)7-8-5-3-4-6-10(8)14-11;11-8-5-7-3-1-2-4-9(7)12-10(8)6-13;1-2-14-10(13)9(12)8-11-6-4-3-5-7-11;8-7-4-2-1-3-6(7)5-9;1-2-9-5(8)4(7)3-6;1-2-4-6-5-3-1;1-3-6-4-2-5-1;1-2-3;4*1-2;;;;;;;/h3-12H,2H2,1H3;3-7H,2,13H2,1H3;1-5,13H,6,11H2;3-7H,2,8H2,1H3;1-5H,8H2;2-3H2,1H3;1-5H;5H,1-4H2;3H,2H2,1H3;4*1-2H3;2*1H4;1H3;3*1H;/q+1;;;+1;;;;;;;;;;;;-1;;;;+2/p-3. The number of carbonyl (C=O) groups is 7. The summed E-state index contributed by atoms with van der Waals surface area (Å²) in [5.74, 6) is -3.52. The van der Waals surface area contributed by atoms with Gasteiger partial charge in [-0.15, -0.1) is 0 Å². The number of morpholine rings is 1. The number of anilines is 3. The molecule has 1 fully saturated rings. The van der Waals surface area contributed by atoms with Crippen LogP contribution in [0.1, 0.15) is 142 Å². The molecule has 1 aliphatic heterocycles. The number of aldehydes is 1. The second-order valence-corrected chi connectivity index (χ2v) is 19.7. The number of pyridine rings is 6. The molecule has 0 spiro atoms. The van der Waals surface area contributed by atoms with E-state index in [1.807, 2.05) is 200 Å². The molecule has 7 heterocycles. The molecule has 0 saturated carbocycles. The molecule has 6 aromatic heterocycles. The maximum atomic E-state index is 12.2. The summed E-state index contributed by atoms with van der Waals surface area (Å²) in [6.45, 7) is 29.6. The van der Waals surface area contributed by atoms with Crippen molar-refractivity contribution in [2.75, 3.05) is 81.9 Å². The number of nitrogen functional groups attached to an aromatic ring is 3. The van der Waals surface area contributed by atoms with E-state index in [9.17, 15) is 33.6 Å². The van der Waals surface area contributed by atoms with Gasteiger partial charge in [0, 0.05) is 89.8 Å². The van der Waals surface area contributed by atoms with E-state index in [1.165, 1.54) is 0 Å². The number of ketones is 2. The number of alkyl halides is 1. The van der Waals surface area contributed by atoms with Crippen molar-refractivity contribution >= 4 is 130 Å². The third-order valence-electron chi connectivity index (χ3n) is 12.1. The van der Waals surface area contributed by atoms with Crippen molar-refractivity contribution < 1.29 is 123 Å². The number of fused-ring (bicyclic) bond motifs is 3. The Balaban J connectivity index is -0.000000154. The molecule has 0 bridgehead atoms. The third-order valence-corrected chi connectivity index (χ3v) is 12.7. The van der Waals surface area contributed by atoms with E-state index in [4.69, 9.17) is 41.6 Å². The summed E-state index contributed by atoms with van der Waals surface area (Å²) < 4.78 is 27.4. The molecule has 11 rings (SSSR count). The van der Waals surface area contributed by atoms with Crippen LogP contribution < -0.4 is 78.0 Å². The molecule has 614 valence electrons. The molecule has 10 aromatic rings. The second-order valence-electron chi connectivity index (χ2n) is 19.2. The van der Waals surface area contributed by atoms with E-state index in [-0.39, 0.29) is 136 Å². The summed E-state index contributed by atoms with van der Waals surface area (Å²) in [5.41, 5.74) is 22.9. The maximum absolute atomic E-state index is 12.2. The Morgan fingerprint density at radius 3 is 1.28 bits per heavy atom. The van der Waals surface area contributed by atoms with Gasteiger partial charge in [0.05, 0.1) is 85.2 Å². The van der Waals surface area contributed by atoms with Crippen LogP contribution in [0, 0.1) is 7.43 Å². The Morgan fingerprint density at radius 2 is 0.902 bits per heavy atom. The summed E-state index contributed by atoms with van der Waals surface area (Å²) in [6.07, 6.45) is 11.5. The van der Waals surface area contributed by atoms with Gasteiger partial charge in [-0.3, -0.25) is 19.4 Å². The third kappa shape index (κ3) is 51.0. The number of hydrogen-bond acceptors (Lipinski definition) is 22. The molecule has 9 N–H and O–H groups in total. The van der Waals surface area contributed by atoms with E-state index in [2.05, 4.69) is 50.7 Å². The van der Waals surface area contributed by atoms with Crippen molar-refractivity contribution in [1.29, 1.82) is 0 Å². The van der Waals surface area contributed by atoms with E-state index in [0.29, 0.717) is 52.9 Å². The van der Waals surface area contributed by atoms with Gasteiger partial charge in [-0.05, 0) is 89.2 Å². The van der Waals surface area contributed by atoms with Crippen molar-refractivity contribution in [3.63, 3.8) is 0 Å². The van der Waals surface area contributed by atoms with Gasteiger partial charge >= 0.3 is 52.7 Å². The minimum absolute atomic E-state index is 0. The molecule has 29 heteroatoms. The average Bonchev–Trinajstić information content (AvgIpc) is 0.771. The van der Waals surface area contributed by atoms with Gasteiger partial charge in [0.25, 0.3) is 0 Å². The molecule has 0 radical (unpaired) electrons. The van der Waals surface area contributed by atoms with Gasteiger partial charge in [-0.2, -0.15) is 9.13 Å². The second kappa shape index (κ2) is 80.2. The van der Waals surface area contributed by atoms with Crippen molar-refractivity contribution in [2.45, 2.75) is 118 Å². The van der Waals surface area contributed by atoms with Gasteiger partial charge in [-0.25, -0.2) is 34.1 Å². The summed E-state index contributed by atoms with van der Waals surface area (Å²) in [6, 6.07) is 52.2. The van der Waals surface area contributed by atoms with Crippen LogP contribution >= 0.6 is 15.9 Å². The zero-order valence-electron chi connectivity index (χ0n) is 65.6. The molecular weight excluding hydrogens is 1660 g/mol. The van der Waals surface area contributed by atoms with Crippen LogP contribution in [0.3, 0.4) is 0 Å². The number of carbonyl (C=O) groups excluding carboxylic acids is 7. The molecule has 112 heavy (non-hydrogen) atoms. The summed E-state index contributed by atoms with van der Waals surface area (Å²) in [5, 5.41) is 22.6. The Bertz CT molecular complexity index is 3980. The molecular formula is C83H118Br3ClMgN10O14. The summed E-state index contributed by atoms with van der Waals surface area (Å²) in [7, 11) is 0. The predicted molar refractivity (Wildman–Crippen MR) is 445 cm³/mol. The summed E-state index contributed by atoms with van der Waals surface area (Å²) in [4.78, 5) is 93.5. The first-order chi connectivity index (χ1) is 51.0. The van der Waals surface area contributed by atoms with E-state index >= 15 is 0 Å². The fraction of sp³-hybridized carbons (Fsp3) is 0.325. The quantitative estimate of drug-likeness (QED) is 0.00976. The first-order valence-electron chi connectivity index (χ1n) is 34.6. The topological polar surface area (TPSA) is 356 Å². The van der Waals surface area contributed by atoms with Gasteiger partial charge < -0.3 is 110 Å². The number of ether oxygens (including phenoxy) is 5. The first-order valence-corrected chi connectivity index (χ1v) is 35.7. The molecule has 0 aliphatic carbocycles. The van der Waals surface area contributed by atoms with Crippen LogP contribution in [-0.4, -0.2) is 160 Å². The molecule has 0 unspecified atom stereocenters. The zero-order chi connectivity index (χ0) is 79.0. The van der Waals surface area contributed by atoms with E-state index in [1.54, 1.807) is 106 Å². The Kier molecular flexibility index (Phi) is 87.0. The van der Waals surface area contributed by atoms with Crippen LogP contribution in [0.5, 0.6) is 0 Å². The maximum Gasteiger partial charge on any atom is 2.00 e. The molecule has 1 aliphatic rings. The van der Waals surface area contributed by atoms with Crippen molar-refractivity contribution in [1.82, 2.24) is 25.3 Å². The Morgan fingerprint density at radius 1 is 0.518 bits per heavy atom. The number of rotatable bonds is 14. The number of Topliss-reactive ketones (excluding diaryl/α,β-unsaturated/α-hetero) is 2. The SMILES string of the molecule is C.C.C1COCCN1.CC.CC.CC.CC.CCO.CCOC(=O)C(=O)CBr.CCOC(=O)C(=O)C[n+]1ccccc1.CCOC(=O)c1nc2ccccc2cc1-[n+]1ccccc1.CCOC(=O)c1nc2ccccc2cc1N.Nc1cc2ccccc2nc1CO.Nc1ccccc1C=O.[Br-].[Br-].[CH3-].[Cl-].[Mg+2].c1ccncc1. The number of halogens is 4. The zero-order valence-corrected chi connectivity index (χ0v) is 72.5. The Labute approximate surface area is 716 Å². The molecule has 0 amide bonds. The smallest absolute Gasteiger partial charge is 1.00 e. The van der Waals surface area contributed by atoms with Crippen LogP contribution in [0.4, 0.5) is 17.1 Å². The number of esters is 4. The van der Waals surface area contributed by atoms with Crippen LogP contribution in [0.15, 0.2) is 207 Å². The number of aliphatic hydroxyl groups is 2. The number of benzene rings is 4. The van der Waals surface area contributed by atoms with E-state index < -0.39 is 35.4 Å². The predicted octanol–water partition coefficient (Wildman–Crippen LogP) is 4.84. The van der Waals surface area contributed by atoms with Crippen LogP contribution in [-0.2, 0) is 56.0 Å². The van der Waals surface area contributed by atoms with Gasteiger partial charge in [0.15, 0.2) is 36.8 Å². The summed E-state index contributed by atoms with van der Waals surface area (Å²) >= 11 is 2.83. The minimum Gasteiger partial charge on any atom is -1.00 e. The van der Waals surface area contributed by atoms with Crippen molar-refractivity contribution in [3.05, 3.63) is 237 Å². The normalized spacial score (nSPS) is 9.36. The largest absolute Gasteiger partial charge is 2.00 e. The molecule has 0 atom stereocenters. The van der Waals surface area contributed by atoms with Crippen molar-refractivity contribution in [3.8, 4) is 5.69 Å². The average molecular weight is 1780 g/mol. The van der Waals surface area contributed by atoms with Crippen molar-refractivity contribution in [2.24, 2.45) is 0 Å².